The number of anilines is 2. The van der Waals surface area contributed by atoms with Crippen LogP contribution < -0.4 is 14.8 Å². The van der Waals surface area contributed by atoms with Gasteiger partial charge in [0.2, 0.25) is 0 Å². The van der Waals surface area contributed by atoms with Crippen molar-refractivity contribution in [2.24, 2.45) is 0 Å². The first-order chi connectivity index (χ1) is 10.8. The third kappa shape index (κ3) is 2.28. The number of hydrogen-bond acceptors (Lipinski definition) is 6. The molecule has 0 radical (unpaired) electrons. The molecule has 0 amide bonds. The monoisotopic (exact) mass is 294 g/mol. The molecule has 0 aliphatic carbocycles. The molecule has 4 rings (SSSR count). The second-order valence-electron chi connectivity index (χ2n) is 5.07. The van der Waals surface area contributed by atoms with Crippen LogP contribution in [0.5, 0.6) is 11.6 Å². The maximum absolute atomic E-state index is 5.54. The molecule has 0 unspecified atom stereocenters. The average molecular weight is 294 g/mol. The molecule has 0 fully saturated rings. The van der Waals surface area contributed by atoms with Gasteiger partial charge in [0.1, 0.15) is 25.1 Å². The summed E-state index contributed by atoms with van der Waals surface area (Å²) in [4.78, 5) is 13.1. The van der Waals surface area contributed by atoms with Crippen LogP contribution in [-0.4, -0.2) is 28.2 Å². The summed E-state index contributed by atoms with van der Waals surface area (Å²) in [6.07, 6.45) is 1.51. The van der Waals surface area contributed by atoms with Crippen molar-refractivity contribution < 1.29 is 9.47 Å². The standard InChI is InChI=1S/C16H14N4O2/c1-10-3-2-4-11(7-10)19-15-14-12(17-9-18-15)8-13-16(20-14)22-6-5-21-13/h2-4,7-9H,5-6H2,1H3,(H,17,18,19). The Hall–Kier alpha value is -2.89. The first-order valence-corrected chi connectivity index (χ1v) is 7.05. The number of rotatable bonds is 2. The molecule has 1 aliphatic heterocycles. The molecule has 0 atom stereocenters. The van der Waals surface area contributed by atoms with E-state index in [1.54, 1.807) is 0 Å². The molecule has 0 saturated carbocycles. The highest BCUT2D eigenvalue weighted by Gasteiger charge is 2.17. The molecular weight excluding hydrogens is 280 g/mol. The minimum atomic E-state index is 0.487. The minimum absolute atomic E-state index is 0.487. The number of hydrogen-bond donors (Lipinski definition) is 1. The van der Waals surface area contributed by atoms with E-state index in [9.17, 15) is 0 Å². The zero-order valence-corrected chi connectivity index (χ0v) is 12.0. The second-order valence-corrected chi connectivity index (χ2v) is 5.07. The van der Waals surface area contributed by atoms with E-state index < -0.39 is 0 Å². The van der Waals surface area contributed by atoms with Gasteiger partial charge in [0.25, 0.3) is 5.88 Å². The van der Waals surface area contributed by atoms with Crippen LogP contribution in [-0.2, 0) is 0 Å². The van der Waals surface area contributed by atoms with Crippen LogP contribution in [0.25, 0.3) is 11.0 Å². The number of fused-ring (bicyclic) bond motifs is 2. The number of pyridine rings is 1. The van der Waals surface area contributed by atoms with Gasteiger partial charge in [-0.25, -0.2) is 15.0 Å². The van der Waals surface area contributed by atoms with E-state index >= 15 is 0 Å². The molecule has 2 aromatic heterocycles. The molecule has 110 valence electrons. The van der Waals surface area contributed by atoms with Gasteiger partial charge in [0, 0.05) is 11.8 Å². The van der Waals surface area contributed by atoms with E-state index in [1.807, 2.05) is 37.3 Å². The number of aromatic nitrogens is 3. The molecule has 3 aromatic rings. The molecule has 22 heavy (non-hydrogen) atoms. The normalized spacial score (nSPS) is 13.1. The molecule has 0 spiro atoms. The molecule has 6 nitrogen and oxygen atoms in total. The predicted octanol–water partition coefficient (Wildman–Crippen LogP) is 2.85. The number of nitrogens with one attached hydrogen (secondary N) is 1. The largest absolute Gasteiger partial charge is 0.484 e. The van der Waals surface area contributed by atoms with Gasteiger partial charge in [-0.2, -0.15) is 0 Å². The van der Waals surface area contributed by atoms with Crippen molar-refractivity contribution >= 4 is 22.5 Å². The highest BCUT2D eigenvalue weighted by molar-refractivity contribution is 5.88. The summed E-state index contributed by atoms with van der Waals surface area (Å²) in [6, 6.07) is 9.90. The Morgan fingerprint density at radius 1 is 1.09 bits per heavy atom. The van der Waals surface area contributed by atoms with Gasteiger partial charge in [0.05, 0.1) is 5.52 Å². The van der Waals surface area contributed by atoms with E-state index in [4.69, 9.17) is 9.47 Å². The zero-order valence-electron chi connectivity index (χ0n) is 12.0. The summed E-state index contributed by atoms with van der Waals surface area (Å²) in [5.74, 6) is 1.76. The highest BCUT2D eigenvalue weighted by atomic mass is 16.6. The van der Waals surface area contributed by atoms with E-state index in [2.05, 4.69) is 20.3 Å². The van der Waals surface area contributed by atoms with Crippen LogP contribution >= 0.6 is 0 Å². The summed E-state index contributed by atoms with van der Waals surface area (Å²) in [5, 5.41) is 3.28. The lowest BCUT2D eigenvalue weighted by Crippen LogP contribution is -2.16. The van der Waals surface area contributed by atoms with Crippen LogP contribution in [0.3, 0.4) is 0 Å². The Labute approximate surface area is 127 Å². The summed E-state index contributed by atoms with van der Waals surface area (Å²) < 4.78 is 11.1. The Bertz CT molecular complexity index is 851. The second kappa shape index (κ2) is 5.14. The van der Waals surface area contributed by atoms with Gasteiger partial charge in [-0.1, -0.05) is 12.1 Å². The third-order valence-corrected chi connectivity index (χ3v) is 3.40. The Morgan fingerprint density at radius 2 is 2.00 bits per heavy atom. The van der Waals surface area contributed by atoms with Crippen LogP contribution in [0.15, 0.2) is 36.7 Å². The molecule has 6 heteroatoms. The minimum Gasteiger partial charge on any atom is -0.484 e. The summed E-state index contributed by atoms with van der Waals surface area (Å²) in [5.41, 5.74) is 3.50. The van der Waals surface area contributed by atoms with Crippen LogP contribution in [0.4, 0.5) is 11.5 Å². The average Bonchev–Trinajstić information content (AvgIpc) is 2.53. The van der Waals surface area contributed by atoms with Crippen LogP contribution in [0.1, 0.15) is 5.56 Å². The van der Waals surface area contributed by atoms with Crippen LogP contribution in [0, 0.1) is 6.92 Å². The highest BCUT2D eigenvalue weighted by Crippen LogP contribution is 2.33. The quantitative estimate of drug-likeness (QED) is 0.783. The van der Waals surface area contributed by atoms with Crippen LogP contribution in [0.2, 0.25) is 0 Å². The number of ether oxygens (including phenoxy) is 2. The lowest BCUT2D eigenvalue weighted by atomic mass is 10.2. The first kappa shape index (κ1) is 12.8. The van der Waals surface area contributed by atoms with Crippen molar-refractivity contribution in [2.45, 2.75) is 6.92 Å². The summed E-state index contributed by atoms with van der Waals surface area (Å²) in [7, 11) is 0. The fraction of sp³-hybridized carbons (Fsp3) is 0.188. The zero-order chi connectivity index (χ0) is 14.9. The molecule has 1 aromatic carbocycles. The molecular formula is C16H14N4O2. The molecule has 0 saturated heterocycles. The number of nitrogens with zero attached hydrogens (tertiary/aromatic N) is 3. The van der Waals surface area contributed by atoms with E-state index in [0.717, 1.165) is 11.2 Å². The number of benzene rings is 1. The lowest BCUT2D eigenvalue weighted by molar-refractivity contribution is 0.165. The Kier molecular flexibility index (Phi) is 3.00. The summed E-state index contributed by atoms with van der Waals surface area (Å²) in [6.45, 7) is 3.07. The first-order valence-electron chi connectivity index (χ1n) is 7.05. The number of aryl methyl sites for hydroxylation is 1. The lowest BCUT2D eigenvalue weighted by Gasteiger charge is -2.18. The van der Waals surface area contributed by atoms with Gasteiger partial charge in [-0.15, -0.1) is 0 Å². The van der Waals surface area contributed by atoms with E-state index in [0.29, 0.717) is 36.2 Å². The maximum atomic E-state index is 5.54. The van der Waals surface area contributed by atoms with E-state index in [-0.39, 0.29) is 0 Å². The van der Waals surface area contributed by atoms with Crippen molar-refractivity contribution in [3.05, 3.63) is 42.2 Å². The molecule has 0 bridgehead atoms. The van der Waals surface area contributed by atoms with Gasteiger partial charge in [-0.05, 0) is 24.6 Å². The topological polar surface area (TPSA) is 69.2 Å². The van der Waals surface area contributed by atoms with Crippen molar-refractivity contribution in [3.63, 3.8) is 0 Å². The van der Waals surface area contributed by atoms with Crippen molar-refractivity contribution in [2.75, 3.05) is 18.5 Å². The SMILES string of the molecule is Cc1cccc(Nc2ncnc3cc4c(nc23)OCCO4)c1. The van der Waals surface area contributed by atoms with Gasteiger partial charge < -0.3 is 14.8 Å². The molecule has 1 aliphatic rings. The van der Waals surface area contributed by atoms with E-state index in [1.165, 1.54) is 11.9 Å². The smallest absolute Gasteiger partial charge is 0.257 e. The van der Waals surface area contributed by atoms with Gasteiger partial charge in [-0.3, -0.25) is 0 Å². The van der Waals surface area contributed by atoms with Crippen molar-refractivity contribution in [1.29, 1.82) is 0 Å². The third-order valence-electron chi connectivity index (χ3n) is 3.40. The fourth-order valence-electron chi connectivity index (χ4n) is 2.40. The Balaban J connectivity index is 1.80. The van der Waals surface area contributed by atoms with Gasteiger partial charge >= 0.3 is 0 Å². The Morgan fingerprint density at radius 3 is 2.91 bits per heavy atom. The maximum Gasteiger partial charge on any atom is 0.257 e. The summed E-state index contributed by atoms with van der Waals surface area (Å²) >= 11 is 0. The molecule has 1 N–H and O–H groups in total. The molecule has 3 heterocycles. The fourth-order valence-corrected chi connectivity index (χ4v) is 2.40. The van der Waals surface area contributed by atoms with Gasteiger partial charge in [0.15, 0.2) is 11.6 Å². The van der Waals surface area contributed by atoms with Crippen molar-refractivity contribution in [1.82, 2.24) is 15.0 Å². The predicted molar refractivity (Wildman–Crippen MR) is 82.8 cm³/mol. The van der Waals surface area contributed by atoms with Crippen molar-refractivity contribution in [3.8, 4) is 11.6 Å².